The van der Waals surface area contributed by atoms with Crippen LogP contribution >= 0.6 is 11.6 Å². The predicted molar refractivity (Wildman–Crippen MR) is 49.1 cm³/mol. The molecule has 0 atom stereocenters. The Morgan fingerprint density at radius 1 is 1.67 bits per heavy atom. The first kappa shape index (κ1) is 9.23. The van der Waals surface area contributed by atoms with Gasteiger partial charge in [-0.1, -0.05) is 17.7 Å². The predicted octanol–water partition coefficient (Wildman–Crippen LogP) is 2.44. The zero-order chi connectivity index (χ0) is 8.81. The van der Waals surface area contributed by atoms with Gasteiger partial charge in [0.05, 0.1) is 13.2 Å². The zero-order valence-corrected chi connectivity index (χ0v) is 7.42. The lowest BCUT2D eigenvalue weighted by Crippen LogP contribution is -1.92. The van der Waals surface area contributed by atoms with Crippen molar-refractivity contribution < 1.29 is 4.74 Å². The molecule has 0 aliphatic carbocycles. The Labute approximate surface area is 76.8 Å². The van der Waals surface area contributed by atoms with Gasteiger partial charge in [0.15, 0.2) is 0 Å². The monoisotopic (exact) mass is 183 g/mol. The molecule has 0 aliphatic heterocycles. The minimum absolute atomic E-state index is 0.495. The normalized spacial score (nSPS) is 9.75. The molecule has 1 aromatic heterocycles. The topological polar surface area (TPSA) is 22.1 Å². The Morgan fingerprint density at radius 2 is 2.50 bits per heavy atom. The van der Waals surface area contributed by atoms with E-state index < -0.39 is 0 Å². The number of rotatable bonds is 4. The fourth-order valence-electron chi connectivity index (χ4n) is 0.792. The average molecular weight is 184 g/mol. The van der Waals surface area contributed by atoms with E-state index in [1.807, 2.05) is 6.07 Å². The molecule has 0 radical (unpaired) electrons. The standard InChI is InChI=1S/C9H10ClNO/c1-2-5-12-7-8-3-4-11-9(10)6-8/h2-4,6H,1,5,7H2. The minimum atomic E-state index is 0.495. The Morgan fingerprint density at radius 3 is 3.17 bits per heavy atom. The van der Waals surface area contributed by atoms with Gasteiger partial charge in [-0.05, 0) is 17.7 Å². The third-order valence-corrected chi connectivity index (χ3v) is 1.50. The lowest BCUT2D eigenvalue weighted by atomic mass is 10.3. The molecule has 2 nitrogen and oxygen atoms in total. The highest BCUT2D eigenvalue weighted by molar-refractivity contribution is 6.29. The number of pyridine rings is 1. The lowest BCUT2D eigenvalue weighted by molar-refractivity contribution is 0.149. The van der Waals surface area contributed by atoms with Crippen LogP contribution in [0.4, 0.5) is 0 Å². The molecular formula is C9H10ClNO. The van der Waals surface area contributed by atoms with Crippen LogP contribution in [0.5, 0.6) is 0 Å². The smallest absolute Gasteiger partial charge is 0.129 e. The van der Waals surface area contributed by atoms with Crippen molar-refractivity contribution >= 4 is 11.6 Å². The van der Waals surface area contributed by atoms with E-state index in [2.05, 4.69) is 11.6 Å². The van der Waals surface area contributed by atoms with Crippen LogP contribution in [0.1, 0.15) is 5.56 Å². The van der Waals surface area contributed by atoms with Crippen LogP contribution in [0.15, 0.2) is 31.0 Å². The largest absolute Gasteiger partial charge is 0.373 e. The second-order valence-corrected chi connectivity index (χ2v) is 2.68. The third kappa shape index (κ3) is 3.03. The Balaban J connectivity index is 2.46. The van der Waals surface area contributed by atoms with Crippen LogP contribution in [0.25, 0.3) is 0 Å². The highest BCUT2D eigenvalue weighted by atomic mass is 35.5. The summed E-state index contributed by atoms with van der Waals surface area (Å²) in [6.45, 7) is 4.65. The maximum Gasteiger partial charge on any atom is 0.129 e. The molecule has 0 bridgehead atoms. The fraction of sp³-hybridized carbons (Fsp3) is 0.222. The number of ether oxygens (including phenoxy) is 1. The minimum Gasteiger partial charge on any atom is -0.373 e. The van der Waals surface area contributed by atoms with Crippen molar-refractivity contribution in [1.82, 2.24) is 4.98 Å². The van der Waals surface area contributed by atoms with Gasteiger partial charge in [-0.25, -0.2) is 4.98 Å². The first-order chi connectivity index (χ1) is 5.83. The van der Waals surface area contributed by atoms with Crippen LogP contribution in [-0.2, 0) is 11.3 Å². The molecule has 1 heterocycles. The van der Waals surface area contributed by atoms with Crippen molar-refractivity contribution in [2.45, 2.75) is 6.61 Å². The quantitative estimate of drug-likeness (QED) is 0.407. The summed E-state index contributed by atoms with van der Waals surface area (Å²) >= 11 is 5.67. The number of hydrogen-bond acceptors (Lipinski definition) is 2. The SMILES string of the molecule is C=CCOCc1ccnc(Cl)c1. The van der Waals surface area contributed by atoms with E-state index in [1.165, 1.54) is 0 Å². The van der Waals surface area contributed by atoms with E-state index in [4.69, 9.17) is 16.3 Å². The second-order valence-electron chi connectivity index (χ2n) is 2.29. The lowest BCUT2D eigenvalue weighted by Gasteiger charge is -2.00. The average Bonchev–Trinajstić information content (AvgIpc) is 2.05. The van der Waals surface area contributed by atoms with E-state index in [0.717, 1.165) is 5.56 Å². The van der Waals surface area contributed by atoms with E-state index in [9.17, 15) is 0 Å². The van der Waals surface area contributed by atoms with Crippen molar-refractivity contribution in [2.75, 3.05) is 6.61 Å². The third-order valence-electron chi connectivity index (χ3n) is 1.30. The van der Waals surface area contributed by atoms with Crippen LogP contribution in [0.2, 0.25) is 5.15 Å². The number of halogens is 1. The first-order valence-electron chi connectivity index (χ1n) is 3.62. The van der Waals surface area contributed by atoms with E-state index in [-0.39, 0.29) is 0 Å². The molecule has 0 saturated carbocycles. The van der Waals surface area contributed by atoms with Gasteiger partial charge < -0.3 is 4.74 Å². The summed E-state index contributed by atoms with van der Waals surface area (Å²) < 4.78 is 5.22. The Hall–Kier alpha value is -0.860. The highest BCUT2D eigenvalue weighted by Crippen LogP contribution is 2.07. The molecule has 64 valence electrons. The van der Waals surface area contributed by atoms with E-state index >= 15 is 0 Å². The van der Waals surface area contributed by atoms with Gasteiger partial charge in [0, 0.05) is 6.20 Å². The maximum atomic E-state index is 5.67. The van der Waals surface area contributed by atoms with Crippen molar-refractivity contribution in [3.8, 4) is 0 Å². The van der Waals surface area contributed by atoms with Crippen LogP contribution in [-0.4, -0.2) is 11.6 Å². The number of aromatic nitrogens is 1. The molecule has 0 N–H and O–H groups in total. The first-order valence-corrected chi connectivity index (χ1v) is 4.00. The summed E-state index contributed by atoms with van der Waals surface area (Å²) in [6.07, 6.45) is 3.37. The van der Waals surface area contributed by atoms with Crippen LogP contribution in [0.3, 0.4) is 0 Å². The molecule has 0 fully saturated rings. The number of nitrogens with zero attached hydrogens (tertiary/aromatic N) is 1. The number of hydrogen-bond donors (Lipinski definition) is 0. The Bertz CT molecular complexity index is 262. The van der Waals surface area contributed by atoms with Crippen LogP contribution < -0.4 is 0 Å². The summed E-state index contributed by atoms with van der Waals surface area (Å²) in [7, 11) is 0. The summed E-state index contributed by atoms with van der Waals surface area (Å²) in [5.41, 5.74) is 1.02. The van der Waals surface area contributed by atoms with E-state index in [0.29, 0.717) is 18.4 Å². The van der Waals surface area contributed by atoms with Crippen molar-refractivity contribution in [1.29, 1.82) is 0 Å². The highest BCUT2D eigenvalue weighted by Gasteiger charge is 1.93. The zero-order valence-electron chi connectivity index (χ0n) is 6.66. The molecule has 1 aromatic rings. The molecule has 0 saturated heterocycles. The molecule has 3 heteroatoms. The van der Waals surface area contributed by atoms with E-state index in [1.54, 1.807) is 18.3 Å². The fourth-order valence-corrected chi connectivity index (χ4v) is 0.989. The maximum absolute atomic E-state index is 5.67. The molecule has 0 unspecified atom stereocenters. The van der Waals surface area contributed by atoms with Gasteiger partial charge in [-0.3, -0.25) is 0 Å². The summed E-state index contributed by atoms with van der Waals surface area (Å²) in [6, 6.07) is 3.65. The molecule has 0 amide bonds. The van der Waals surface area contributed by atoms with Crippen molar-refractivity contribution in [2.24, 2.45) is 0 Å². The van der Waals surface area contributed by atoms with Gasteiger partial charge in [-0.15, -0.1) is 6.58 Å². The second kappa shape index (κ2) is 4.91. The summed E-state index contributed by atoms with van der Waals surface area (Å²) in [5.74, 6) is 0. The Kier molecular flexibility index (Phi) is 3.77. The van der Waals surface area contributed by atoms with Crippen molar-refractivity contribution in [3.63, 3.8) is 0 Å². The van der Waals surface area contributed by atoms with Gasteiger partial charge >= 0.3 is 0 Å². The van der Waals surface area contributed by atoms with Crippen LogP contribution in [0, 0.1) is 0 Å². The van der Waals surface area contributed by atoms with Gasteiger partial charge in [0.25, 0.3) is 0 Å². The van der Waals surface area contributed by atoms with Gasteiger partial charge in [-0.2, -0.15) is 0 Å². The molecule has 12 heavy (non-hydrogen) atoms. The molecular weight excluding hydrogens is 174 g/mol. The van der Waals surface area contributed by atoms with Crippen molar-refractivity contribution in [3.05, 3.63) is 41.7 Å². The summed E-state index contributed by atoms with van der Waals surface area (Å²) in [4.78, 5) is 3.86. The summed E-state index contributed by atoms with van der Waals surface area (Å²) in [5, 5.41) is 0.495. The van der Waals surface area contributed by atoms with Gasteiger partial charge in [0.2, 0.25) is 0 Å². The molecule has 0 aromatic carbocycles. The molecule has 1 rings (SSSR count). The molecule has 0 aliphatic rings. The van der Waals surface area contributed by atoms with Gasteiger partial charge in [0.1, 0.15) is 5.15 Å². The molecule has 0 spiro atoms.